The second-order valence-corrected chi connectivity index (χ2v) is 8.06. The summed E-state index contributed by atoms with van der Waals surface area (Å²) in [6.45, 7) is 7.56. The summed E-state index contributed by atoms with van der Waals surface area (Å²) >= 11 is 8.68. The molecule has 0 aromatic heterocycles. The lowest BCUT2D eigenvalue weighted by Crippen LogP contribution is -2.38. The molecule has 27 heavy (non-hydrogen) atoms. The van der Waals surface area contributed by atoms with Crippen LogP contribution >= 0.6 is 28.1 Å². The first-order valence-electron chi connectivity index (χ1n) is 8.92. The Bertz CT molecular complexity index is 791. The fourth-order valence-electron chi connectivity index (χ4n) is 2.27. The molecule has 0 aliphatic carbocycles. The van der Waals surface area contributed by atoms with E-state index in [1.165, 1.54) is 5.56 Å². The van der Waals surface area contributed by atoms with Crippen LogP contribution in [0.4, 0.5) is 0 Å². The van der Waals surface area contributed by atoms with E-state index < -0.39 is 0 Å². The molecular weight excluding hydrogens is 424 g/mol. The normalized spacial score (nSPS) is 10.6. The molecule has 1 amide bonds. The third-order valence-corrected chi connectivity index (χ3v) is 4.81. The van der Waals surface area contributed by atoms with Gasteiger partial charge in [0.2, 0.25) is 0 Å². The highest BCUT2D eigenvalue weighted by Crippen LogP contribution is 2.26. The van der Waals surface area contributed by atoms with Crippen LogP contribution in [0.25, 0.3) is 0 Å². The van der Waals surface area contributed by atoms with Crippen LogP contribution in [0.2, 0.25) is 0 Å². The van der Waals surface area contributed by atoms with Crippen molar-refractivity contribution in [2.45, 2.75) is 33.7 Å². The van der Waals surface area contributed by atoms with Crippen LogP contribution in [0, 0.1) is 12.8 Å². The van der Waals surface area contributed by atoms with Crippen LogP contribution in [-0.2, 0) is 6.54 Å². The van der Waals surface area contributed by atoms with Gasteiger partial charge in [-0.05, 0) is 71.2 Å². The van der Waals surface area contributed by atoms with Crippen LogP contribution in [0.3, 0.4) is 0 Å². The minimum atomic E-state index is -0.258. The second kappa shape index (κ2) is 10.4. The molecule has 0 atom stereocenters. The Hall–Kier alpha value is -1.92. The van der Waals surface area contributed by atoms with E-state index in [1.54, 1.807) is 18.2 Å². The number of carbonyl (C=O) groups is 1. The van der Waals surface area contributed by atoms with Crippen molar-refractivity contribution in [1.29, 1.82) is 0 Å². The Balaban J connectivity index is 1.86. The summed E-state index contributed by atoms with van der Waals surface area (Å²) in [6.07, 6.45) is 0.982. The first-order chi connectivity index (χ1) is 12.8. The molecule has 0 aliphatic heterocycles. The number of aryl methyl sites for hydroxylation is 1. The molecule has 2 aromatic rings. The predicted octanol–water partition coefficient (Wildman–Crippen LogP) is 4.99. The van der Waals surface area contributed by atoms with Crippen molar-refractivity contribution in [3.05, 3.63) is 63.6 Å². The van der Waals surface area contributed by atoms with Gasteiger partial charge in [0, 0.05) is 12.1 Å². The van der Waals surface area contributed by atoms with Gasteiger partial charge in [-0.1, -0.05) is 43.7 Å². The van der Waals surface area contributed by atoms with Gasteiger partial charge in [0.05, 0.1) is 11.1 Å². The zero-order valence-electron chi connectivity index (χ0n) is 15.8. The van der Waals surface area contributed by atoms with Crippen LogP contribution in [0.1, 0.15) is 41.8 Å². The molecule has 0 saturated heterocycles. The molecule has 0 heterocycles. The smallest absolute Gasteiger partial charge is 0.257 e. The van der Waals surface area contributed by atoms with Crippen LogP contribution < -0.4 is 15.4 Å². The highest BCUT2D eigenvalue weighted by molar-refractivity contribution is 9.10. The summed E-state index contributed by atoms with van der Waals surface area (Å²) in [5, 5.41) is 6.05. The zero-order valence-corrected chi connectivity index (χ0v) is 18.2. The molecule has 0 spiro atoms. The zero-order chi connectivity index (χ0) is 19.8. The average Bonchev–Trinajstić information content (AvgIpc) is 2.62. The number of ether oxygens (including phenoxy) is 1. The fourth-order valence-corrected chi connectivity index (χ4v) is 2.93. The number of nitrogens with one attached hydrogen (secondary N) is 2. The maximum absolute atomic E-state index is 12.4. The van der Waals surface area contributed by atoms with Crippen molar-refractivity contribution in [3.63, 3.8) is 0 Å². The van der Waals surface area contributed by atoms with E-state index in [9.17, 15) is 4.79 Å². The van der Waals surface area contributed by atoms with Gasteiger partial charge in [-0.25, -0.2) is 0 Å². The first kappa shape index (κ1) is 21.4. The van der Waals surface area contributed by atoms with Gasteiger partial charge < -0.3 is 10.1 Å². The molecular formula is C21H25BrN2O2S. The number of hydrogen-bond acceptors (Lipinski definition) is 3. The number of carbonyl (C=O) groups excluding carboxylic acids is 1. The monoisotopic (exact) mass is 448 g/mol. The topological polar surface area (TPSA) is 50.4 Å². The summed E-state index contributed by atoms with van der Waals surface area (Å²) in [6, 6.07) is 13.4. The summed E-state index contributed by atoms with van der Waals surface area (Å²) in [7, 11) is 0. The van der Waals surface area contributed by atoms with E-state index in [-0.39, 0.29) is 5.91 Å². The molecule has 0 aliphatic rings. The van der Waals surface area contributed by atoms with E-state index in [4.69, 9.17) is 17.0 Å². The van der Waals surface area contributed by atoms with E-state index in [2.05, 4.69) is 40.4 Å². The molecule has 0 radical (unpaired) electrons. The van der Waals surface area contributed by atoms with Crippen molar-refractivity contribution in [2.75, 3.05) is 6.61 Å². The molecule has 144 valence electrons. The Labute approximate surface area is 174 Å². The van der Waals surface area contributed by atoms with E-state index in [0.717, 1.165) is 22.2 Å². The number of hydrogen-bond donors (Lipinski definition) is 2. The molecule has 0 saturated carbocycles. The van der Waals surface area contributed by atoms with Crippen LogP contribution in [0.5, 0.6) is 5.75 Å². The number of rotatable bonds is 7. The van der Waals surface area contributed by atoms with Crippen LogP contribution in [0.15, 0.2) is 46.9 Å². The summed E-state index contributed by atoms with van der Waals surface area (Å²) < 4.78 is 6.49. The minimum absolute atomic E-state index is 0.258. The highest BCUT2D eigenvalue weighted by Gasteiger charge is 2.11. The Morgan fingerprint density at radius 1 is 1.19 bits per heavy atom. The molecule has 2 aromatic carbocycles. The standard InChI is InChI=1S/C21H25BrN2O2S/c1-14(2)10-11-26-19-9-8-17(12-18(19)22)20(25)24-21(27)23-13-16-6-4-15(3)5-7-16/h4-9,12,14H,10-11,13H2,1-3H3,(H2,23,24,25,27). The lowest BCUT2D eigenvalue weighted by Gasteiger charge is -2.12. The predicted molar refractivity (Wildman–Crippen MR) is 117 cm³/mol. The molecule has 6 heteroatoms. The van der Waals surface area contributed by atoms with Crippen LogP contribution in [-0.4, -0.2) is 17.6 Å². The van der Waals surface area contributed by atoms with Crippen molar-refractivity contribution < 1.29 is 9.53 Å². The number of thiocarbonyl (C=S) groups is 1. The van der Waals surface area contributed by atoms with Crippen molar-refractivity contribution >= 4 is 39.2 Å². The lowest BCUT2D eigenvalue weighted by molar-refractivity contribution is 0.0976. The molecule has 2 N–H and O–H groups in total. The van der Waals surface area contributed by atoms with E-state index >= 15 is 0 Å². The minimum Gasteiger partial charge on any atom is -0.492 e. The maximum atomic E-state index is 12.4. The van der Waals surface area contributed by atoms with E-state index in [0.29, 0.717) is 29.7 Å². The highest BCUT2D eigenvalue weighted by atomic mass is 79.9. The number of benzene rings is 2. The van der Waals surface area contributed by atoms with Gasteiger partial charge in [-0.2, -0.15) is 0 Å². The second-order valence-electron chi connectivity index (χ2n) is 6.80. The Morgan fingerprint density at radius 2 is 1.89 bits per heavy atom. The summed E-state index contributed by atoms with van der Waals surface area (Å²) in [5.41, 5.74) is 2.82. The van der Waals surface area contributed by atoms with Gasteiger partial charge in [0.25, 0.3) is 5.91 Å². The van der Waals surface area contributed by atoms with Gasteiger partial charge in [-0.3, -0.25) is 10.1 Å². The molecule has 4 nitrogen and oxygen atoms in total. The average molecular weight is 449 g/mol. The lowest BCUT2D eigenvalue weighted by atomic mass is 10.1. The maximum Gasteiger partial charge on any atom is 0.257 e. The Morgan fingerprint density at radius 3 is 2.52 bits per heavy atom. The summed E-state index contributed by atoms with van der Waals surface area (Å²) in [4.78, 5) is 12.4. The largest absolute Gasteiger partial charge is 0.492 e. The van der Waals surface area contributed by atoms with Crippen molar-refractivity contribution in [3.8, 4) is 5.75 Å². The Kier molecular flexibility index (Phi) is 8.25. The van der Waals surface area contributed by atoms with Crippen molar-refractivity contribution in [1.82, 2.24) is 10.6 Å². The quantitative estimate of drug-likeness (QED) is 0.585. The van der Waals surface area contributed by atoms with Crippen molar-refractivity contribution in [2.24, 2.45) is 5.92 Å². The summed E-state index contributed by atoms with van der Waals surface area (Å²) in [5.74, 6) is 1.06. The number of amides is 1. The molecule has 2 rings (SSSR count). The third-order valence-electron chi connectivity index (χ3n) is 3.95. The van der Waals surface area contributed by atoms with Gasteiger partial charge in [0.1, 0.15) is 5.75 Å². The molecule has 0 bridgehead atoms. The first-order valence-corrected chi connectivity index (χ1v) is 10.1. The van der Waals surface area contributed by atoms with Gasteiger partial charge in [-0.15, -0.1) is 0 Å². The number of halogens is 1. The fraction of sp³-hybridized carbons (Fsp3) is 0.333. The van der Waals surface area contributed by atoms with Gasteiger partial charge in [0.15, 0.2) is 5.11 Å². The molecule has 0 fully saturated rings. The third kappa shape index (κ3) is 7.31. The molecule has 0 unspecified atom stereocenters. The van der Waals surface area contributed by atoms with E-state index in [1.807, 2.05) is 31.2 Å². The van der Waals surface area contributed by atoms with Gasteiger partial charge >= 0.3 is 0 Å². The SMILES string of the molecule is Cc1ccc(CNC(=S)NC(=O)c2ccc(OCCC(C)C)c(Br)c2)cc1.